The second kappa shape index (κ2) is 21.1. The van der Waals surface area contributed by atoms with Gasteiger partial charge in [-0.05, 0) is 102 Å². The fourth-order valence-corrected chi connectivity index (χ4v) is 8.08. The Hall–Kier alpha value is -2.90. The minimum atomic E-state index is -0.766. The van der Waals surface area contributed by atoms with Gasteiger partial charge >= 0.3 is 29.6 Å². The van der Waals surface area contributed by atoms with E-state index in [9.17, 15) is 14.7 Å². The predicted octanol–water partition coefficient (Wildman–Crippen LogP) is 5.15. The van der Waals surface area contributed by atoms with Gasteiger partial charge in [-0.15, -0.1) is 0 Å². The minimum Gasteiger partial charge on any atom is -0.870 e. The van der Waals surface area contributed by atoms with E-state index in [0.717, 1.165) is 45.4 Å². The molecule has 11 heteroatoms. The Kier molecular flexibility index (Phi) is 18.0. The molecule has 6 rings (SSSR count). The van der Waals surface area contributed by atoms with Crippen molar-refractivity contribution in [3.63, 3.8) is 0 Å². The summed E-state index contributed by atoms with van der Waals surface area (Å²) in [7, 11) is 0. The van der Waals surface area contributed by atoms with Crippen molar-refractivity contribution in [2.75, 3.05) is 13.1 Å². The van der Waals surface area contributed by atoms with Gasteiger partial charge in [0.1, 0.15) is 12.2 Å². The molecule has 0 saturated carbocycles. The molecular formula is C47H65N2NaO8. The van der Waals surface area contributed by atoms with Gasteiger partial charge in [0.15, 0.2) is 11.6 Å². The van der Waals surface area contributed by atoms with Crippen LogP contribution in [0.25, 0.3) is 12.2 Å². The summed E-state index contributed by atoms with van der Waals surface area (Å²) in [5.74, 6) is -0.837. The summed E-state index contributed by atoms with van der Waals surface area (Å²) in [6.45, 7) is 23.1. The molecule has 2 saturated heterocycles. The molecule has 10 nitrogen and oxygen atoms in total. The second-order valence-electron chi connectivity index (χ2n) is 17.1. The van der Waals surface area contributed by atoms with Crippen molar-refractivity contribution in [3.05, 3.63) is 105 Å². The number of benzene rings is 2. The van der Waals surface area contributed by atoms with Crippen molar-refractivity contribution < 1.29 is 68.7 Å². The summed E-state index contributed by atoms with van der Waals surface area (Å²) in [6, 6.07) is 8.19. The third-order valence-electron chi connectivity index (χ3n) is 10.7. The first kappa shape index (κ1) is 49.5. The predicted molar refractivity (Wildman–Crippen MR) is 225 cm³/mol. The number of aliphatic hydroxyl groups is 1. The van der Waals surface area contributed by atoms with Crippen LogP contribution in [0.5, 0.6) is 0 Å². The molecule has 2 amide bonds. The van der Waals surface area contributed by atoms with Gasteiger partial charge in [-0.25, -0.2) is 0 Å². The quantitative estimate of drug-likeness (QED) is 0.245. The van der Waals surface area contributed by atoms with Crippen LogP contribution < -0.4 is 40.2 Å². The third kappa shape index (κ3) is 13.0. The van der Waals surface area contributed by atoms with E-state index in [1.807, 2.05) is 85.8 Å². The molecule has 0 aromatic heterocycles. The van der Waals surface area contributed by atoms with Gasteiger partial charge in [0.25, 0.3) is 11.8 Å². The van der Waals surface area contributed by atoms with Crippen LogP contribution in [0.3, 0.4) is 0 Å². The number of ether oxygens (including phenoxy) is 4. The number of rotatable bonds is 0. The Labute approximate surface area is 368 Å². The van der Waals surface area contributed by atoms with Crippen LogP contribution >= 0.6 is 0 Å². The van der Waals surface area contributed by atoms with Crippen molar-refractivity contribution in [3.8, 4) is 0 Å². The average molecular weight is 809 g/mol. The van der Waals surface area contributed by atoms with Gasteiger partial charge in [-0.1, -0.05) is 105 Å². The Balaban J connectivity index is 0.000000300. The molecular weight excluding hydrogens is 744 g/mol. The van der Waals surface area contributed by atoms with Crippen molar-refractivity contribution in [2.45, 2.75) is 131 Å². The topological polar surface area (TPSA) is 145 Å². The van der Waals surface area contributed by atoms with E-state index >= 15 is 0 Å². The van der Waals surface area contributed by atoms with Crippen LogP contribution in [-0.4, -0.2) is 77.6 Å². The molecule has 4 aliphatic rings. The van der Waals surface area contributed by atoms with Crippen LogP contribution in [0.15, 0.2) is 60.7 Å². The minimum absolute atomic E-state index is 0. The molecule has 0 spiro atoms. The fraction of sp³-hybridized carbons (Fsp3) is 0.532. The Morgan fingerprint density at radius 1 is 0.621 bits per heavy atom. The Morgan fingerprint density at radius 2 is 1.03 bits per heavy atom. The standard InChI is InChI=1S/C24H33NO3.C23H31NO4.Na.H2O/c1-15-10-11-17(3)22-20(27-24(5,6)28-22)9-7-8-19-13-16(2)12-18(4)21(19)23(26)25-14-15;1-14-9-10-18(25)21-19(27-23(4,5)28-21)8-6-7-17-12-15(2)11-16(3)20(17)22(26)24-13-14;;/h7-8,10-13,15,17,20,22H,9,14H2,1-6H3,(H,25,26);6-7,9-12,14,18-19,21,25H,8,13H2,1-5H3,(H,24,26);;1H2/q;;+1;/p-1. The zero-order chi connectivity index (χ0) is 40.9. The number of amides is 2. The molecule has 4 heterocycles. The van der Waals surface area contributed by atoms with E-state index in [1.54, 1.807) is 6.08 Å². The van der Waals surface area contributed by atoms with E-state index in [-0.39, 0.29) is 82.9 Å². The summed E-state index contributed by atoms with van der Waals surface area (Å²) >= 11 is 0. The molecule has 58 heavy (non-hydrogen) atoms. The number of carbonyl (C=O) groups is 2. The molecule has 0 aliphatic carbocycles. The maximum atomic E-state index is 12.9. The van der Waals surface area contributed by atoms with Gasteiger partial charge in [0, 0.05) is 30.1 Å². The van der Waals surface area contributed by atoms with Crippen LogP contribution in [-0.2, 0) is 18.9 Å². The maximum Gasteiger partial charge on any atom is 1.00 e. The zero-order valence-electron chi connectivity index (χ0n) is 36.7. The summed E-state index contributed by atoms with van der Waals surface area (Å²) in [5.41, 5.74) is 7.53. The van der Waals surface area contributed by atoms with Gasteiger partial charge in [-0.3, -0.25) is 9.59 Å². The molecule has 2 aromatic carbocycles. The van der Waals surface area contributed by atoms with Crippen LogP contribution in [0.2, 0.25) is 0 Å². The molecule has 2 fully saturated rings. The average Bonchev–Trinajstić information content (AvgIpc) is 3.59. The smallest absolute Gasteiger partial charge is 0.870 e. The molecule has 0 radical (unpaired) electrons. The van der Waals surface area contributed by atoms with E-state index in [1.165, 1.54) is 0 Å². The van der Waals surface area contributed by atoms with E-state index in [0.29, 0.717) is 25.1 Å². The molecule has 0 bridgehead atoms. The molecule has 312 valence electrons. The normalized spacial score (nSPS) is 29.2. The first-order valence-electron chi connectivity index (χ1n) is 20.2. The molecule has 4 N–H and O–H groups in total. The van der Waals surface area contributed by atoms with Gasteiger partial charge in [0.05, 0.1) is 18.3 Å². The molecule has 8 unspecified atom stereocenters. The summed E-state index contributed by atoms with van der Waals surface area (Å²) in [4.78, 5) is 25.7. The number of hydrogen-bond donors (Lipinski definition) is 3. The number of nitrogens with one attached hydrogen (secondary N) is 2. The zero-order valence-corrected chi connectivity index (χ0v) is 38.7. The van der Waals surface area contributed by atoms with Crippen molar-refractivity contribution >= 4 is 24.0 Å². The summed E-state index contributed by atoms with van der Waals surface area (Å²) < 4.78 is 24.4. The van der Waals surface area contributed by atoms with Crippen LogP contribution in [0, 0.1) is 45.4 Å². The number of aliphatic hydroxyl groups excluding tert-OH is 1. The third-order valence-corrected chi connectivity index (χ3v) is 10.7. The van der Waals surface area contributed by atoms with E-state index < -0.39 is 23.8 Å². The summed E-state index contributed by atoms with van der Waals surface area (Å²) in [6.07, 6.45) is 16.0. The first-order chi connectivity index (χ1) is 26.3. The number of hydrogen-bond acceptors (Lipinski definition) is 8. The largest absolute Gasteiger partial charge is 1.00 e. The fourth-order valence-electron chi connectivity index (χ4n) is 8.08. The molecule has 8 atom stereocenters. The van der Waals surface area contributed by atoms with Gasteiger partial charge < -0.3 is 40.2 Å². The second-order valence-corrected chi connectivity index (χ2v) is 17.1. The van der Waals surface area contributed by atoms with Crippen molar-refractivity contribution in [1.82, 2.24) is 10.6 Å². The molecule has 2 aromatic rings. The number of fused-ring (bicyclic) bond motifs is 4. The summed E-state index contributed by atoms with van der Waals surface area (Å²) in [5, 5.41) is 16.7. The SMILES string of the molecule is Cc1cc(C)c2c(c1)C=CCC1OC(C)(C)OC1C(C)C=CC(C)CNC2=O.Cc1cc(C)c2c(c1)C=CCC1OC(C)(C)OC1C(O)C=CC(C)CNC2=O.[Na+].[OH-]. The Morgan fingerprint density at radius 3 is 1.50 bits per heavy atom. The van der Waals surface area contributed by atoms with Gasteiger partial charge in [-0.2, -0.15) is 0 Å². The van der Waals surface area contributed by atoms with E-state index in [2.05, 4.69) is 67.8 Å². The van der Waals surface area contributed by atoms with E-state index in [4.69, 9.17) is 18.9 Å². The van der Waals surface area contributed by atoms with Gasteiger partial charge in [0.2, 0.25) is 0 Å². The first-order valence-corrected chi connectivity index (χ1v) is 20.2. The Bertz CT molecular complexity index is 1730. The van der Waals surface area contributed by atoms with Crippen molar-refractivity contribution in [2.24, 2.45) is 17.8 Å². The van der Waals surface area contributed by atoms with Crippen LogP contribution in [0.1, 0.15) is 115 Å². The van der Waals surface area contributed by atoms with Crippen molar-refractivity contribution in [1.29, 1.82) is 0 Å². The number of carbonyl (C=O) groups excluding carboxylic acids is 2. The number of aryl methyl sites for hydroxylation is 4. The van der Waals surface area contributed by atoms with Crippen LogP contribution in [0.4, 0.5) is 0 Å². The maximum absolute atomic E-state index is 12.9. The molecule has 4 aliphatic heterocycles. The monoisotopic (exact) mass is 808 g/mol.